The van der Waals surface area contributed by atoms with Crippen LogP contribution in [0.3, 0.4) is 0 Å². The molecular formula is C23H30FN3O2. The summed E-state index contributed by atoms with van der Waals surface area (Å²) in [6, 6.07) is 13.2. The molecular weight excluding hydrogens is 369 g/mol. The van der Waals surface area contributed by atoms with Crippen LogP contribution < -0.4 is 15.4 Å². The van der Waals surface area contributed by atoms with E-state index in [2.05, 4.69) is 27.8 Å². The number of ether oxygens (including phenoxy) is 2. The molecule has 0 bridgehead atoms. The van der Waals surface area contributed by atoms with Gasteiger partial charge in [0.05, 0.1) is 19.3 Å². The molecule has 0 spiro atoms. The molecule has 0 saturated heterocycles. The minimum absolute atomic E-state index is 0.104. The maximum absolute atomic E-state index is 14.4. The Kier molecular flexibility index (Phi) is 7.47. The van der Waals surface area contributed by atoms with Gasteiger partial charge in [0, 0.05) is 20.7 Å². The fourth-order valence-electron chi connectivity index (χ4n) is 3.06. The quantitative estimate of drug-likeness (QED) is 0.490. The van der Waals surface area contributed by atoms with E-state index in [-0.39, 0.29) is 11.9 Å². The number of methoxy groups -OCH3 is 1. The molecule has 0 aromatic heterocycles. The Morgan fingerprint density at radius 1 is 1.21 bits per heavy atom. The monoisotopic (exact) mass is 399 g/mol. The molecule has 1 aliphatic carbocycles. The largest absolute Gasteiger partial charge is 0.490 e. The van der Waals surface area contributed by atoms with Gasteiger partial charge in [0.15, 0.2) is 17.5 Å². The normalized spacial score (nSPS) is 15.1. The third-order valence-electron chi connectivity index (χ3n) is 4.97. The predicted molar refractivity (Wildman–Crippen MR) is 114 cm³/mol. The number of hydrogen-bond donors (Lipinski definition) is 2. The first-order chi connectivity index (χ1) is 14.1. The smallest absolute Gasteiger partial charge is 0.191 e. The Morgan fingerprint density at radius 3 is 2.69 bits per heavy atom. The highest BCUT2D eigenvalue weighted by molar-refractivity contribution is 5.80. The van der Waals surface area contributed by atoms with Gasteiger partial charge in [0.25, 0.3) is 0 Å². The molecule has 0 heterocycles. The summed E-state index contributed by atoms with van der Waals surface area (Å²) < 4.78 is 25.1. The topological polar surface area (TPSA) is 54.9 Å². The third kappa shape index (κ3) is 6.46. The Hall–Kier alpha value is -2.60. The second-order valence-electron chi connectivity index (χ2n) is 7.49. The van der Waals surface area contributed by atoms with E-state index < -0.39 is 0 Å². The lowest BCUT2D eigenvalue weighted by Crippen LogP contribution is -2.38. The molecule has 1 fully saturated rings. The molecule has 3 rings (SSSR count). The minimum Gasteiger partial charge on any atom is -0.490 e. The van der Waals surface area contributed by atoms with E-state index in [0.717, 1.165) is 16.7 Å². The summed E-state index contributed by atoms with van der Waals surface area (Å²) in [6.45, 7) is 3.80. The van der Waals surface area contributed by atoms with Crippen molar-refractivity contribution in [3.8, 4) is 5.75 Å². The van der Waals surface area contributed by atoms with Gasteiger partial charge in [0.2, 0.25) is 0 Å². The highest BCUT2D eigenvalue weighted by Crippen LogP contribution is 2.30. The van der Waals surface area contributed by atoms with Crippen LogP contribution in [-0.4, -0.2) is 26.7 Å². The van der Waals surface area contributed by atoms with Gasteiger partial charge in [0.1, 0.15) is 0 Å². The van der Waals surface area contributed by atoms with Crippen LogP contribution in [0, 0.1) is 11.7 Å². The lowest BCUT2D eigenvalue weighted by molar-refractivity contribution is 0.185. The van der Waals surface area contributed by atoms with E-state index in [1.165, 1.54) is 18.9 Å². The van der Waals surface area contributed by atoms with Gasteiger partial charge in [-0.15, -0.1) is 0 Å². The predicted octanol–water partition coefficient (Wildman–Crippen LogP) is 4.19. The van der Waals surface area contributed by atoms with Gasteiger partial charge in [-0.05, 0) is 54.5 Å². The number of halogens is 1. The summed E-state index contributed by atoms with van der Waals surface area (Å²) >= 11 is 0. The molecule has 29 heavy (non-hydrogen) atoms. The molecule has 2 N–H and O–H groups in total. The van der Waals surface area contributed by atoms with Gasteiger partial charge in [-0.1, -0.05) is 30.3 Å². The molecule has 0 aliphatic heterocycles. The Morgan fingerprint density at radius 2 is 2.00 bits per heavy atom. The van der Waals surface area contributed by atoms with Crippen LogP contribution in [0.15, 0.2) is 47.5 Å². The first kappa shape index (κ1) is 21.1. The van der Waals surface area contributed by atoms with Gasteiger partial charge < -0.3 is 20.1 Å². The van der Waals surface area contributed by atoms with Crippen molar-refractivity contribution in [2.75, 3.05) is 20.8 Å². The second kappa shape index (κ2) is 10.3. The molecule has 1 aliphatic rings. The summed E-state index contributed by atoms with van der Waals surface area (Å²) in [5.74, 6) is 1.25. The fourth-order valence-corrected chi connectivity index (χ4v) is 3.06. The van der Waals surface area contributed by atoms with Crippen molar-refractivity contribution in [1.82, 2.24) is 10.6 Å². The zero-order chi connectivity index (χ0) is 20.6. The van der Waals surface area contributed by atoms with Gasteiger partial charge >= 0.3 is 0 Å². The zero-order valence-electron chi connectivity index (χ0n) is 17.4. The Labute approximate surface area is 172 Å². The van der Waals surface area contributed by atoms with Gasteiger partial charge in [-0.2, -0.15) is 0 Å². The second-order valence-corrected chi connectivity index (χ2v) is 7.49. The van der Waals surface area contributed by atoms with E-state index in [9.17, 15) is 4.39 Å². The van der Waals surface area contributed by atoms with Crippen molar-refractivity contribution >= 4 is 5.96 Å². The number of nitrogens with one attached hydrogen (secondary N) is 2. The Balaban J connectivity index is 1.54. The molecule has 5 nitrogen and oxygen atoms in total. The summed E-state index contributed by atoms with van der Waals surface area (Å²) in [6.07, 6.45) is 2.37. The highest BCUT2D eigenvalue weighted by atomic mass is 19.1. The van der Waals surface area contributed by atoms with Crippen LogP contribution in [0.25, 0.3) is 0 Å². The molecule has 1 saturated carbocycles. The van der Waals surface area contributed by atoms with Crippen molar-refractivity contribution in [3.63, 3.8) is 0 Å². The third-order valence-corrected chi connectivity index (χ3v) is 4.97. The highest BCUT2D eigenvalue weighted by Gasteiger charge is 2.22. The molecule has 2 aromatic carbocycles. The maximum atomic E-state index is 14.4. The Bertz CT molecular complexity index is 837. The van der Waals surface area contributed by atoms with Gasteiger partial charge in [-0.3, -0.25) is 4.99 Å². The first-order valence-corrected chi connectivity index (χ1v) is 10.0. The van der Waals surface area contributed by atoms with Crippen LogP contribution in [0.4, 0.5) is 4.39 Å². The molecule has 156 valence electrons. The molecule has 0 amide bonds. The van der Waals surface area contributed by atoms with Crippen molar-refractivity contribution < 1.29 is 13.9 Å². The van der Waals surface area contributed by atoms with Crippen LogP contribution in [-0.2, 0) is 17.9 Å². The van der Waals surface area contributed by atoms with Crippen LogP contribution in [0.1, 0.15) is 42.5 Å². The summed E-state index contributed by atoms with van der Waals surface area (Å²) in [5, 5.41) is 6.61. The summed E-state index contributed by atoms with van der Waals surface area (Å²) in [5.41, 5.74) is 3.10. The number of rotatable bonds is 9. The lowest BCUT2D eigenvalue weighted by atomic mass is 10.1. The number of benzene rings is 2. The zero-order valence-corrected chi connectivity index (χ0v) is 17.4. The molecule has 0 radical (unpaired) electrons. The lowest BCUT2D eigenvalue weighted by Gasteiger charge is -2.19. The summed E-state index contributed by atoms with van der Waals surface area (Å²) in [7, 11) is 3.41. The average Bonchev–Trinajstić information content (AvgIpc) is 3.55. The molecule has 2 aromatic rings. The molecule has 6 heteroatoms. The van der Waals surface area contributed by atoms with Crippen molar-refractivity contribution in [3.05, 3.63) is 65.0 Å². The van der Waals surface area contributed by atoms with E-state index in [4.69, 9.17) is 9.47 Å². The average molecular weight is 400 g/mol. The van der Waals surface area contributed by atoms with Gasteiger partial charge in [-0.25, -0.2) is 4.39 Å². The minimum atomic E-state index is -0.324. The van der Waals surface area contributed by atoms with E-state index in [1.807, 2.05) is 25.1 Å². The number of guanidine groups is 1. The standard InChI is InChI=1S/C23H30FN3O2/c1-16(20-9-10-22(21(24)12-20)29-15-17-7-8-17)27-23(25-2)26-13-18-5-4-6-19(11-18)14-28-3/h4-6,9-12,16-17H,7-8,13-15H2,1-3H3,(H2,25,26,27). The van der Waals surface area contributed by atoms with E-state index in [0.29, 0.717) is 37.4 Å². The first-order valence-electron chi connectivity index (χ1n) is 10.0. The van der Waals surface area contributed by atoms with Crippen LogP contribution in [0.5, 0.6) is 5.75 Å². The van der Waals surface area contributed by atoms with Crippen LogP contribution in [0.2, 0.25) is 0 Å². The molecule has 1 unspecified atom stereocenters. The van der Waals surface area contributed by atoms with Crippen molar-refractivity contribution in [2.45, 2.75) is 39.0 Å². The maximum Gasteiger partial charge on any atom is 0.191 e. The number of aliphatic imine (C=N–C) groups is 1. The molecule has 1 atom stereocenters. The van der Waals surface area contributed by atoms with Crippen LogP contribution >= 0.6 is 0 Å². The number of hydrogen-bond acceptors (Lipinski definition) is 3. The SMILES string of the molecule is CN=C(NCc1cccc(COC)c1)NC(C)c1ccc(OCC2CC2)c(F)c1. The summed E-state index contributed by atoms with van der Waals surface area (Å²) in [4.78, 5) is 4.27. The van der Waals surface area contributed by atoms with E-state index >= 15 is 0 Å². The van der Waals surface area contributed by atoms with Crippen molar-refractivity contribution in [2.24, 2.45) is 10.9 Å². The van der Waals surface area contributed by atoms with Crippen molar-refractivity contribution in [1.29, 1.82) is 0 Å². The number of nitrogens with zero attached hydrogens (tertiary/aromatic N) is 1. The van der Waals surface area contributed by atoms with E-state index in [1.54, 1.807) is 20.2 Å². The fraction of sp³-hybridized carbons (Fsp3) is 0.435.